The second kappa shape index (κ2) is 8.13. The van der Waals surface area contributed by atoms with Crippen molar-refractivity contribution in [3.8, 4) is 0 Å². The lowest BCUT2D eigenvalue weighted by atomic mass is 9.68. The number of hydrogen-bond acceptors (Lipinski definition) is 6. The maximum absolute atomic E-state index is 14.3. The smallest absolute Gasteiger partial charge is 0.239 e. The zero-order chi connectivity index (χ0) is 20.8. The first-order chi connectivity index (χ1) is 13.8. The van der Waals surface area contributed by atoms with E-state index in [1.54, 1.807) is 30.3 Å². The quantitative estimate of drug-likeness (QED) is 0.631. The van der Waals surface area contributed by atoms with Crippen molar-refractivity contribution in [2.45, 2.75) is 63.0 Å². The summed E-state index contributed by atoms with van der Waals surface area (Å²) >= 11 is 1.57. The molecule has 5 unspecified atom stereocenters. The second-order valence-electron chi connectivity index (χ2n) is 9.22. The van der Waals surface area contributed by atoms with Crippen LogP contribution in [0.4, 0.5) is 10.1 Å². The zero-order valence-electron chi connectivity index (χ0n) is 17.6. The van der Waals surface area contributed by atoms with Gasteiger partial charge in [0.25, 0.3) is 0 Å². The summed E-state index contributed by atoms with van der Waals surface area (Å²) in [5.74, 6) is 1.38. The van der Waals surface area contributed by atoms with Gasteiger partial charge in [0.15, 0.2) is 0 Å². The number of nitrogens with zero attached hydrogens (tertiary/aromatic N) is 2. The van der Waals surface area contributed by atoms with E-state index < -0.39 is 5.67 Å². The Morgan fingerprint density at radius 1 is 1.45 bits per heavy atom. The lowest BCUT2D eigenvalue weighted by Gasteiger charge is -2.39. The number of hydrazine groups is 1. The summed E-state index contributed by atoms with van der Waals surface area (Å²) in [4.78, 5) is 17.3. The number of pyridine rings is 1. The molecule has 1 aliphatic carbocycles. The van der Waals surface area contributed by atoms with E-state index in [9.17, 15) is 9.18 Å². The van der Waals surface area contributed by atoms with E-state index >= 15 is 0 Å². The summed E-state index contributed by atoms with van der Waals surface area (Å²) in [6, 6.07) is 4.10. The Morgan fingerprint density at radius 2 is 2.21 bits per heavy atom. The number of alkyl halides is 1. The molecule has 162 valence electrons. The van der Waals surface area contributed by atoms with E-state index in [1.165, 1.54) is 33.1 Å². The van der Waals surface area contributed by atoms with Crippen molar-refractivity contribution < 1.29 is 10.6 Å². The van der Waals surface area contributed by atoms with Crippen molar-refractivity contribution >= 4 is 23.5 Å². The van der Waals surface area contributed by atoms with Crippen LogP contribution < -0.4 is 15.5 Å². The van der Waals surface area contributed by atoms with Crippen LogP contribution in [0.1, 0.15) is 47.2 Å². The number of halogens is 1. The highest BCUT2D eigenvalue weighted by molar-refractivity contribution is 7.99. The van der Waals surface area contributed by atoms with Crippen LogP contribution in [0.15, 0.2) is 18.3 Å². The number of carbonyl (C=O) groups excluding carboxylic acids is 1. The van der Waals surface area contributed by atoms with Crippen LogP contribution in [0.25, 0.3) is 0 Å². The van der Waals surface area contributed by atoms with Gasteiger partial charge in [0, 0.05) is 50.8 Å². The molecule has 0 radical (unpaired) electrons. The first-order valence-electron chi connectivity index (χ1n) is 10.6. The van der Waals surface area contributed by atoms with Crippen LogP contribution >= 0.6 is 11.9 Å². The summed E-state index contributed by atoms with van der Waals surface area (Å²) < 4.78 is 17.9. The fourth-order valence-corrected chi connectivity index (χ4v) is 6.14. The molecule has 5 atom stereocenters. The molecule has 1 amide bonds. The van der Waals surface area contributed by atoms with E-state index in [0.717, 1.165) is 6.54 Å². The van der Waals surface area contributed by atoms with Crippen LogP contribution in [-0.2, 0) is 10.5 Å². The molecular weight excluding hydrogens is 389 g/mol. The molecule has 0 spiro atoms. The molecule has 8 heteroatoms. The monoisotopic (exact) mass is 423 g/mol. The van der Waals surface area contributed by atoms with Crippen LogP contribution in [0.2, 0.25) is 0 Å². The number of carbonyl (C=O) groups is 1. The van der Waals surface area contributed by atoms with Gasteiger partial charge >= 0.3 is 0 Å². The lowest BCUT2D eigenvalue weighted by molar-refractivity contribution is -0.117. The summed E-state index contributed by atoms with van der Waals surface area (Å²) in [7, 11) is 2.09. The SMILES string of the molecule is CC1C(C2NSC(C(=O)Nc3ccnc(C(C)(C)F)c3)C2C2CCC2)CNN1C.[HH]. The van der Waals surface area contributed by atoms with Crippen molar-refractivity contribution in [3.63, 3.8) is 0 Å². The minimum Gasteiger partial charge on any atom is -0.325 e. The first kappa shape index (κ1) is 21.0. The number of hydrogen-bond donors (Lipinski definition) is 3. The van der Waals surface area contributed by atoms with E-state index in [0.29, 0.717) is 41.2 Å². The standard InChI is InChI=1S/C21H32FN5OS.H2/c1-12-15(11-24-27(12)4)18-17(13-6-5-7-13)19(29-26-18)20(28)25-14-8-9-23-16(10-14)21(2,3)22;/h8-10,12-13,15,17-19,24,26H,5-7,11H2,1-4H3,(H,23,25,28);1H. The zero-order valence-corrected chi connectivity index (χ0v) is 18.4. The minimum atomic E-state index is -1.54. The molecule has 3 heterocycles. The van der Waals surface area contributed by atoms with Gasteiger partial charge in [0.05, 0.1) is 5.69 Å². The van der Waals surface area contributed by atoms with E-state index in [-0.39, 0.29) is 12.6 Å². The van der Waals surface area contributed by atoms with Crippen molar-refractivity contribution in [2.75, 3.05) is 18.9 Å². The lowest BCUT2D eigenvalue weighted by Crippen LogP contribution is -2.47. The van der Waals surface area contributed by atoms with Gasteiger partial charge in [-0.25, -0.2) is 9.40 Å². The number of anilines is 1. The predicted molar refractivity (Wildman–Crippen MR) is 117 cm³/mol. The van der Waals surface area contributed by atoms with Crippen LogP contribution in [0, 0.1) is 17.8 Å². The van der Waals surface area contributed by atoms with Gasteiger partial charge in [-0.3, -0.25) is 19.9 Å². The van der Waals surface area contributed by atoms with Crippen LogP contribution in [0.3, 0.4) is 0 Å². The fraction of sp³-hybridized carbons (Fsp3) is 0.714. The highest BCUT2D eigenvalue weighted by Gasteiger charge is 2.51. The minimum absolute atomic E-state index is 0. The molecular formula is C21H34FN5OS. The molecule has 1 aromatic rings. The number of nitrogens with one attached hydrogen (secondary N) is 3. The van der Waals surface area contributed by atoms with Crippen molar-refractivity contribution in [1.29, 1.82) is 0 Å². The van der Waals surface area contributed by atoms with E-state index in [4.69, 9.17) is 0 Å². The van der Waals surface area contributed by atoms with Gasteiger partial charge < -0.3 is 5.32 Å². The fourth-order valence-electron chi connectivity index (χ4n) is 4.79. The summed E-state index contributed by atoms with van der Waals surface area (Å²) in [6.45, 7) is 6.14. The van der Waals surface area contributed by atoms with Gasteiger partial charge in [-0.05, 0) is 38.8 Å². The van der Waals surface area contributed by atoms with Gasteiger partial charge in [-0.2, -0.15) is 0 Å². The molecule has 1 aromatic heterocycles. The molecule has 3 aliphatic rings. The van der Waals surface area contributed by atoms with Crippen molar-refractivity contribution in [1.82, 2.24) is 20.1 Å². The highest BCUT2D eigenvalue weighted by Crippen LogP contribution is 2.47. The molecule has 0 aromatic carbocycles. The van der Waals surface area contributed by atoms with Crippen LogP contribution in [-0.4, -0.2) is 46.8 Å². The Hall–Kier alpha value is -1.22. The number of rotatable bonds is 5. The average molecular weight is 424 g/mol. The Bertz CT molecular complexity index is 759. The van der Waals surface area contributed by atoms with Crippen LogP contribution in [0.5, 0.6) is 0 Å². The van der Waals surface area contributed by atoms with Gasteiger partial charge in [-0.15, -0.1) is 0 Å². The third kappa shape index (κ3) is 4.17. The van der Waals surface area contributed by atoms with Gasteiger partial charge in [0.2, 0.25) is 5.91 Å². The molecule has 4 rings (SSSR count). The Kier molecular flexibility index (Phi) is 5.90. The highest BCUT2D eigenvalue weighted by atomic mass is 32.2. The number of amides is 1. The predicted octanol–water partition coefficient (Wildman–Crippen LogP) is 3.33. The molecule has 2 saturated heterocycles. The largest absolute Gasteiger partial charge is 0.325 e. The van der Waals surface area contributed by atoms with Crippen molar-refractivity contribution in [3.05, 3.63) is 24.0 Å². The topological polar surface area (TPSA) is 69.3 Å². The van der Waals surface area contributed by atoms with E-state index in [1.807, 2.05) is 0 Å². The summed E-state index contributed by atoms with van der Waals surface area (Å²) in [6.07, 6.45) is 5.21. The van der Waals surface area contributed by atoms with Crippen molar-refractivity contribution in [2.24, 2.45) is 17.8 Å². The Balaban J connectivity index is 0.00000256. The van der Waals surface area contributed by atoms with E-state index in [2.05, 4.69) is 39.4 Å². The third-order valence-electron chi connectivity index (χ3n) is 6.95. The normalized spacial score (nSPS) is 33.6. The summed E-state index contributed by atoms with van der Waals surface area (Å²) in [5, 5.41) is 5.07. The van der Waals surface area contributed by atoms with Gasteiger partial charge in [-0.1, -0.05) is 31.2 Å². The maximum atomic E-state index is 14.3. The molecule has 2 aliphatic heterocycles. The molecule has 3 N–H and O–H groups in total. The third-order valence-corrected chi connectivity index (χ3v) is 8.14. The Morgan fingerprint density at radius 3 is 2.79 bits per heavy atom. The maximum Gasteiger partial charge on any atom is 0.239 e. The molecule has 0 bridgehead atoms. The second-order valence-corrected chi connectivity index (χ2v) is 10.2. The molecule has 29 heavy (non-hydrogen) atoms. The first-order valence-corrected chi connectivity index (χ1v) is 11.5. The molecule has 3 fully saturated rings. The number of aromatic nitrogens is 1. The molecule has 1 saturated carbocycles. The average Bonchev–Trinajstić information content (AvgIpc) is 3.17. The Labute approximate surface area is 178 Å². The van der Waals surface area contributed by atoms with Gasteiger partial charge in [0.1, 0.15) is 10.9 Å². The molecule has 6 nitrogen and oxygen atoms in total. The summed E-state index contributed by atoms with van der Waals surface area (Å²) in [5.41, 5.74) is 2.83.